The molecule has 0 aromatic carbocycles. The van der Waals surface area contributed by atoms with E-state index in [-0.39, 0.29) is 0 Å². The summed E-state index contributed by atoms with van der Waals surface area (Å²) in [7, 11) is 0. The quantitative estimate of drug-likeness (QED) is 0.493. The van der Waals surface area contributed by atoms with Crippen molar-refractivity contribution in [2.45, 2.75) is 95.3 Å². The first-order valence-corrected chi connectivity index (χ1v) is 13.8. The van der Waals surface area contributed by atoms with Crippen molar-refractivity contribution in [1.29, 1.82) is 0 Å². The third kappa shape index (κ3) is 4.14. The van der Waals surface area contributed by atoms with Gasteiger partial charge in [0.15, 0.2) is 0 Å². The average molecular weight is 431 g/mol. The number of hydrogen-bond donors (Lipinski definition) is 2. The van der Waals surface area contributed by atoms with Crippen molar-refractivity contribution >= 4 is 0 Å². The molecular formula is C30H42N2. The van der Waals surface area contributed by atoms with Crippen LogP contribution >= 0.6 is 0 Å². The smallest absolute Gasteiger partial charge is 0.0804 e. The van der Waals surface area contributed by atoms with E-state index in [0.29, 0.717) is 18.2 Å². The Morgan fingerprint density at radius 3 is 2.66 bits per heavy atom. The van der Waals surface area contributed by atoms with Crippen molar-refractivity contribution < 1.29 is 0 Å². The topological polar surface area (TPSA) is 24.1 Å². The second kappa shape index (κ2) is 9.47. The molecular weight excluding hydrogens is 388 g/mol. The van der Waals surface area contributed by atoms with Crippen molar-refractivity contribution in [1.82, 2.24) is 10.6 Å². The van der Waals surface area contributed by atoms with Crippen LogP contribution in [0.15, 0.2) is 59.8 Å². The van der Waals surface area contributed by atoms with Crippen molar-refractivity contribution in [3.05, 3.63) is 59.8 Å². The van der Waals surface area contributed by atoms with Gasteiger partial charge in [-0.05, 0) is 99.4 Å². The first kappa shape index (κ1) is 21.2. The van der Waals surface area contributed by atoms with Crippen LogP contribution in [0.1, 0.15) is 77.0 Å². The molecule has 0 aromatic rings. The van der Waals surface area contributed by atoms with Gasteiger partial charge < -0.3 is 0 Å². The molecule has 2 fully saturated rings. The molecule has 5 aliphatic carbocycles. The van der Waals surface area contributed by atoms with Crippen LogP contribution in [-0.2, 0) is 0 Å². The second-order valence-corrected chi connectivity index (χ2v) is 11.4. The lowest BCUT2D eigenvalue weighted by Crippen LogP contribution is -2.62. The summed E-state index contributed by atoms with van der Waals surface area (Å²) in [5, 5.41) is 8.27. The summed E-state index contributed by atoms with van der Waals surface area (Å²) in [4.78, 5) is 0. The number of allylic oxidation sites excluding steroid dienone is 8. The van der Waals surface area contributed by atoms with E-state index in [4.69, 9.17) is 0 Å². The third-order valence-electron chi connectivity index (χ3n) is 9.61. The number of hydrogen-bond acceptors (Lipinski definition) is 2. The normalized spacial score (nSPS) is 43.8. The van der Waals surface area contributed by atoms with Gasteiger partial charge >= 0.3 is 0 Å². The molecule has 0 spiro atoms. The van der Waals surface area contributed by atoms with E-state index in [0.717, 1.165) is 29.6 Å². The highest BCUT2D eigenvalue weighted by atomic mass is 15.2. The molecule has 2 nitrogen and oxygen atoms in total. The second-order valence-electron chi connectivity index (χ2n) is 11.4. The fraction of sp³-hybridized carbons (Fsp3) is 0.667. The minimum atomic E-state index is 0.345. The average Bonchev–Trinajstić information content (AvgIpc) is 2.89. The summed E-state index contributed by atoms with van der Waals surface area (Å²) < 4.78 is 0. The minimum Gasteiger partial charge on any atom is -0.295 e. The summed E-state index contributed by atoms with van der Waals surface area (Å²) in [5.41, 5.74) is 3.37. The molecule has 6 aliphatic rings. The molecule has 1 heterocycles. The van der Waals surface area contributed by atoms with Crippen LogP contribution in [-0.4, -0.2) is 18.2 Å². The fourth-order valence-electron chi connectivity index (χ4n) is 7.98. The summed E-state index contributed by atoms with van der Waals surface area (Å²) in [5.74, 6) is 4.11. The molecule has 1 aliphatic heterocycles. The lowest BCUT2D eigenvalue weighted by atomic mass is 9.59. The maximum absolute atomic E-state index is 4.17. The summed E-state index contributed by atoms with van der Waals surface area (Å²) in [6.07, 6.45) is 36.1. The van der Waals surface area contributed by atoms with Crippen LogP contribution < -0.4 is 10.6 Å². The van der Waals surface area contributed by atoms with E-state index in [9.17, 15) is 0 Å². The van der Waals surface area contributed by atoms with E-state index >= 15 is 0 Å². The summed E-state index contributed by atoms with van der Waals surface area (Å²) in [6, 6.07) is 1.18. The predicted octanol–water partition coefficient (Wildman–Crippen LogP) is 6.59. The van der Waals surface area contributed by atoms with Crippen molar-refractivity contribution in [3.63, 3.8) is 0 Å². The number of rotatable bonds is 3. The number of fused-ring (bicyclic) bond motifs is 3. The zero-order chi connectivity index (χ0) is 21.3. The molecule has 1 saturated carbocycles. The Morgan fingerprint density at radius 2 is 1.78 bits per heavy atom. The standard InChI is InChI=1S/C30H42N2/c1-3-11-21(12-4-1)28-20-29(32-30(31-28)22-13-5-2-6-14-22)27-19-23-15-7-8-16-24(23)25-17-9-10-18-26(25)27/h1-3,5,9,13,17,19,21,23-26,28-32H,4,6-8,10-12,14-16,18,20H2. The Labute approximate surface area is 195 Å². The van der Waals surface area contributed by atoms with Gasteiger partial charge in [0.1, 0.15) is 0 Å². The van der Waals surface area contributed by atoms with Gasteiger partial charge in [-0.25, -0.2) is 0 Å². The fourth-order valence-corrected chi connectivity index (χ4v) is 7.98. The van der Waals surface area contributed by atoms with Gasteiger partial charge in [0.05, 0.1) is 6.17 Å². The zero-order valence-corrected chi connectivity index (χ0v) is 19.7. The van der Waals surface area contributed by atoms with E-state index in [1.165, 1.54) is 77.0 Å². The van der Waals surface area contributed by atoms with Gasteiger partial charge in [-0.3, -0.25) is 10.6 Å². The van der Waals surface area contributed by atoms with Gasteiger partial charge in [-0.1, -0.05) is 67.0 Å². The van der Waals surface area contributed by atoms with Crippen LogP contribution in [0, 0.1) is 29.6 Å². The third-order valence-corrected chi connectivity index (χ3v) is 9.61. The molecule has 6 rings (SSSR count). The first-order chi connectivity index (χ1) is 15.9. The highest BCUT2D eigenvalue weighted by Gasteiger charge is 2.44. The zero-order valence-electron chi connectivity index (χ0n) is 19.7. The molecule has 8 atom stereocenters. The maximum atomic E-state index is 4.17. The van der Waals surface area contributed by atoms with Crippen molar-refractivity contribution in [2.75, 3.05) is 0 Å². The summed E-state index contributed by atoms with van der Waals surface area (Å²) in [6.45, 7) is 0. The molecule has 8 unspecified atom stereocenters. The predicted molar refractivity (Wildman–Crippen MR) is 134 cm³/mol. The highest BCUT2D eigenvalue weighted by Crippen LogP contribution is 2.50. The summed E-state index contributed by atoms with van der Waals surface area (Å²) >= 11 is 0. The van der Waals surface area contributed by atoms with Crippen LogP contribution in [0.2, 0.25) is 0 Å². The minimum absolute atomic E-state index is 0.345. The van der Waals surface area contributed by atoms with E-state index in [1.54, 1.807) is 11.1 Å². The molecule has 2 N–H and O–H groups in total. The number of nitrogens with one attached hydrogen (secondary N) is 2. The highest BCUT2D eigenvalue weighted by molar-refractivity contribution is 5.30. The molecule has 2 heteroatoms. The van der Waals surface area contributed by atoms with Gasteiger partial charge in [0.25, 0.3) is 0 Å². The van der Waals surface area contributed by atoms with E-state index in [1.807, 2.05) is 0 Å². The van der Waals surface area contributed by atoms with Crippen LogP contribution in [0.5, 0.6) is 0 Å². The largest absolute Gasteiger partial charge is 0.295 e. The van der Waals surface area contributed by atoms with Gasteiger partial charge in [-0.2, -0.15) is 0 Å². The van der Waals surface area contributed by atoms with Gasteiger partial charge in [0.2, 0.25) is 0 Å². The lowest BCUT2D eigenvalue weighted by molar-refractivity contribution is 0.140. The maximum Gasteiger partial charge on any atom is 0.0804 e. The van der Waals surface area contributed by atoms with Gasteiger partial charge in [-0.15, -0.1) is 0 Å². The Bertz CT molecular complexity index is 830. The Morgan fingerprint density at radius 1 is 0.844 bits per heavy atom. The Balaban J connectivity index is 1.31. The van der Waals surface area contributed by atoms with Crippen molar-refractivity contribution in [2.24, 2.45) is 29.6 Å². The molecule has 172 valence electrons. The molecule has 32 heavy (non-hydrogen) atoms. The first-order valence-electron chi connectivity index (χ1n) is 13.8. The van der Waals surface area contributed by atoms with Crippen LogP contribution in [0.4, 0.5) is 0 Å². The van der Waals surface area contributed by atoms with Gasteiger partial charge in [0, 0.05) is 12.1 Å². The monoisotopic (exact) mass is 430 g/mol. The Hall–Kier alpha value is -1.38. The van der Waals surface area contributed by atoms with E-state index in [2.05, 4.69) is 59.2 Å². The van der Waals surface area contributed by atoms with Crippen LogP contribution in [0.3, 0.4) is 0 Å². The molecule has 0 bridgehead atoms. The molecule has 0 aromatic heterocycles. The van der Waals surface area contributed by atoms with E-state index < -0.39 is 0 Å². The lowest BCUT2D eigenvalue weighted by Gasteiger charge is -2.50. The van der Waals surface area contributed by atoms with Crippen molar-refractivity contribution in [3.8, 4) is 0 Å². The Kier molecular flexibility index (Phi) is 6.26. The molecule has 1 saturated heterocycles. The molecule has 0 radical (unpaired) electrons. The molecule has 0 amide bonds. The van der Waals surface area contributed by atoms with Crippen LogP contribution in [0.25, 0.3) is 0 Å². The SMILES string of the molecule is C1=CCCC(C2NC(C3=CC4CCCCC4C4C=CCCC34)CC(C3CC=CCC3)N2)=C1.